The summed E-state index contributed by atoms with van der Waals surface area (Å²) in [6.07, 6.45) is 0. The van der Waals surface area contributed by atoms with Crippen molar-refractivity contribution >= 4 is 22.5 Å². The van der Waals surface area contributed by atoms with Crippen molar-refractivity contribution in [2.24, 2.45) is 10.2 Å². The number of hydrogen-bond donors (Lipinski definition) is 1. The molecule has 0 bridgehead atoms. The molecule has 0 aliphatic rings. The number of rotatable bonds is 2. The number of hydrogen-bond acceptors (Lipinski definition) is 3. The van der Waals surface area contributed by atoms with Crippen LogP contribution in [0.4, 0.5) is 5.69 Å². The van der Waals surface area contributed by atoms with E-state index in [2.05, 4.69) is 10.2 Å². The summed E-state index contributed by atoms with van der Waals surface area (Å²) in [5.41, 5.74) is 1.22. The Labute approximate surface area is 98.4 Å². The molecule has 0 atom stereocenters. The highest BCUT2D eigenvalue weighted by atomic mass is 16.3. The van der Waals surface area contributed by atoms with Gasteiger partial charge in [-0.05, 0) is 13.0 Å². The van der Waals surface area contributed by atoms with Crippen molar-refractivity contribution in [1.29, 1.82) is 0 Å². The van der Waals surface area contributed by atoms with E-state index in [1.165, 1.54) is 6.92 Å². The molecular weight excluding hydrogens is 218 g/mol. The summed E-state index contributed by atoms with van der Waals surface area (Å²) in [6, 6.07) is 7.48. The SMILES string of the molecule is CCn1c(O)c(N=NC(C)=O)c2ccccc21. The minimum atomic E-state index is -0.391. The van der Waals surface area contributed by atoms with Crippen LogP contribution in [-0.4, -0.2) is 15.6 Å². The van der Waals surface area contributed by atoms with Gasteiger partial charge in [-0.15, -0.1) is 10.2 Å². The minimum absolute atomic E-state index is 0.0405. The van der Waals surface area contributed by atoms with Crippen molar-refractivity contribution in [3.63, 3.8) is 0 Å². The Morgan fingerprint density at radius 2 is 2.12 bits per heavy atom. The molecule has 1 aromatic carbocycles. The van der Waals surface area contributed by atoms with Crippen molar-refractivity contribution < 1.29 is 9.90 Å². The number of azo groups is 1. The molecule has 1 amide bonds. The molecule has 0 aliphatic heterocycles. The molecule has 0 spiro atoms. The zero-order valence-electron chi connectivity index (χ0n) is 9.71. The van der Waals surface area contributed by atoms with E-state index in [1.807, 2.05) is 31.2 Å². The van der Waals surface area contributed by atoms with Crippen LogP contribution in [0.1, 0.15) is 13.8 Å². The second-order valence-electron chi connectivity index (χ2n) is 3.65. The molecule has 0 radical (unpaired) electrons. The first-order chi connectivity index (χ1) is 8.15. The fraction of sp³-hybridized carbons (Fsp3) is 0.250. The Hall–Kier alpha value is -2.17. The van der Waals surface area contributed by atoms with Crippen LogP contribution in [0.25, 0.3) is 10.9 Å². The summed E-state index contributed by atoms with van der Waals surface area (Å²) >= 11 is 0. The van der Waals surface area contributed by atoms with Gasteiger partial charge in [0, 0.05) is 18.9 Å². The van der Waals surface area contributed by atoms with Crippen LogP contribution < -0.4 is 0 Å². The first kappa shape index (κ1) is 11.3. The molecule has 2 aromatic rings. The molecule has 5 heteroatoms. The molecule has 2 rings (SSSR count). The molecule has 1 heterocycles. The number of aromatic nitrogens is 1. The van der Waals surface area contributed by atoms with Gasteiger partial charge in [-0.1, -0.05) is 18.2 Å². The second kappa shape index (κ2) is 4.37. The lowest BCUT2D eigenvalue weighted by Crippen LogP contribution is -1.91. The number of para-hydroxylation sites is 1. The molecule has 5 nitrogen and oxygen atoms in total. The van der Waals surface area contributed by atoms with E-state index in [9.17, 15) is 9.90 Å². The normalized spacial score (nSPS) is 11.4. The van der Waals surface area contributed by atoms with Crippen molar-refractivity contribution in [2.45, 2.75) is 20.4 Å². The Morgan fingerprint density at radius 3 is 2.76 bits per heavy atom. The van der Waals surface area contributed by atoms with Crippen molar-refractivity contribution in [1.82, 2.24) is 4.57 Å². The third-order valence-electron chi connectivity index (χ3n) is 2.52. The monoisotopic (exact) mass is 231 g/mol. The summed E-state index contributed by atoms with van der Waals surface area (Å²) in [5, 5.41) is 18.1. The number of aryl methyl sites for hydroxylation is 1. The topological polar surface area (TPSA) is 66.9 Å². The minimum Gasteiger partial charge on any atom is -0.493 e. The lowest BCUT2D eigenvalue weighted by Gasteiger charge is -2.00. The van der Waals surface area contributed by atoms with Gasteiger partial charge in [0.1, 0.15) is 0 Å². The average molecular weight is 231 g/mol. The number of carbonyl (C=O) groups excluding carboxylic acids is 1. The summed E-state index contributed by atoms with van der Waals surface area (Å²) in [7, 11) is 0. The molecule has 0 fully saturated rings. The van der Waals surface area contributed by atoms with Crippen molar-refractivity contribution in [3.05, 3.63) is 24.3 Å². The van der Waals surface area contributed by atoms with Gasteiger partial charge in [0.2, 0.25) is 5.88 Å². The second-order valence-corrected chi connectivity index (χ2v) is 3.65. The zero-order valence-corrected chi connectivity index (χ0v) is 9.71. The number of amides is 1. The van der Waals surface area contributed by atoms with Crippen LogP contribution >= 0.6 is 0 Å². The maximum Gasteiger partial charge on any atom is 0.261 e. The van der Waals surface area contributed by atoms with Crippen LogP contribution in [0, 0.1) is 0 Å². The maximum absolute atomic E-state index is 10.8. The number of fused-ring (bicyclic) bond motifs is 1. The largest absolute Gasteiger partial charge is 0.493 e. The Morgan fingerprint density at radius 1 is 1.41 bits per heavy atom. The first-order valence-corrected chi connectivity index (χ1v) is 5.37. The predicted molar refractivity (Wildman–Crippen MR) is 64.5 cm³/mol. The third-order valence-corrected chi connectivity index (χ3v) is 2.52. The molecular formula is C12H13N3O2. The van der Waals surface area contributed by atoms with Gasteiger partial charge >= 0.3 is 0 Å². The predicted octanol–water partition coefficient (Wildman–Crippen LogP) is 3.00. The van der Waals surface area contributed by atoms with Gasteiger partial charge in [0.15, 0.2) is 5.69 Å². The van der Waals surface area contributed by atoms with E-state index < -0.39 is 5.91 Å². The summed E-state index contributed by atoms with van der Waals surface area (Å²) in [4.78, 5) is 10.8. The Bertz CT molecular complexity index is 599. The summed E-state index contributed by atoms with van der Waals surface area (Å²) in [5.74, 6) is -0.351. The third kappa shape index (κ3) is 1.91. The van der Waals surface area contributed by atoms with Gasteiger partial charge in [-0.3, -0.25) is 4.79 Å². The van der Waals surface area contributed by atoms with Crippen LogP contribution in [0.15, 0.2) is 34.5 Å². The van der Waals surface area contributed by atoms with Gasteiger partial charge in [0.25, 0.3) is 5.91 Å². The van der Waals surface area contributed by atoms with E-state index in [0.717, 1.165) is 10.9 Å². The van der Waals surface area contributed by atoms with E-state index in [4.69, 9.17) is 0 Å². The van der Waals surface area contributed by atoms with Crippen LogP contribution in [0.5, 0.6) is 5.88 Å². The molecule has 0 aliphatic carbocycles. The quantitative estimate of drug-likeness (QED) is 0.807. The number of aromatic hydroxyl groups is 1. The van der Waals surface area contributed by atoms with E-state index in [-0.39, 0.29) is 5.88 Å². The molecule has 1 aromatic heterocycles. The number of nitrogens with zero attached hydrogens (tertiary/aromatic N) is 3. The summed E-state index contributed by atoms with van der Waals surface area (Å²) in [6.45, 7) is 3.87. The number of benzene rings is 1. The van der Waals surface area contributed by atoms with Crippen molar-refractivity contribution in [3.8, 4) is 5.88 Å². The fourth-order valence-electron chi connectivity index (χ4n) is 1.81. The van der Waals surface area contributed by atoms with E-state index in [0.29, 0.717) is 12.2 Å². The van der Waals surface area contributed by atoms with E-state index in [1.54, 1.807) is 4.57 Å². The average Bonchev–Trinajstić information content (AvgIpc) is 2.58. The summed E-state index contributed by atoms with van der Waals surface area (Å²) < 4.78 is 1.73. The smallest absolute Gasteiger partial charge is 0.261 e. The highest BCUT2D eigenvalue weighted by Gasteiger charge is 2.14. The lowest BCUT2D eigenvalue weighted by molar-refractivity contribution is -0.116. The van der Waals surface area contributed by atoms with Crippen LogP contribution in [-0.2, 0) is 11.3 Å². The lowest BCUT2D eigenvalue weighted by atomic mass is 10.2. The fourth-order valence-corrected chi connectivity index (χ4v) is 1.81. The van der Waals surface area contributed by atoms with Crippen molar-refractivity contribution in [2.75, 3.05) is 0 Å². The molecule has 0 saturated carbocycles. The Balaban J connectivity index is 2.70. The van der Waals surface area contributed by atoms with Gasteiger partial charge < -0.3 is 9.67 Å². The maximum atomic E-state index is 10.8. The highest BCUT2D eigenvalue weighted by Crippen LogP contribution is 2.38. The molecule has 17 heavy (non-hydrogen) atoms. The highest BCUT2D eigenvalue weighted by molar-refractivity contribution is 5.95. The van der Waals surface area contributed by atoms with Gasteiger partial charge in [-0.25, -0.2) is 0 Å². The molecule has 88 valence electrons. The van der Waals surface area contributed by atoms with E-state index >= 15 is 0 Å². The van der Waals surface area contributed by atoms with Gasteiger partial charge in [0.05, 0.1) is 5.52 Å². The van der Waals surface area contributed by atoms with Crippen LogP contribution in [0.2, 0.25) is 0 Å². The molecule has 0 unspecified atom stereocenters. The van der Waals surface area contributed by atoms with Gasteiger partial charge in [-0.2, -0.15) is 0 Å². The standard InChI is InChI=1S/C12H13N3O2/c1-3-15-10-7-5-4-6-9(10)11(12(15)17)14-13-8(2)16/h4-7,17H,3H2,1-2H3. The molecule has 1 N–H and O–H groups in total. The first-order valence-electron chi connectivity index (χ1n) is 5.37. The number of carbonyl (C=O) groups is 1. The van der Waals surface area contributed by atoms with Crippen LogP contribution in [0.3, 0.4) is 0 Å². The zero-order chi connectivity index (χ0) is 12.4. The Kier molecular flexibility index (Phi) is 2.91. The molecule has 0 saturated heterocycles.